The maximum Gasteiger partial charge on any atom is 0.0185 e. The van der Waals surface area contributed by atoms with E-state index in [9.17, 15) is 0 Å². The van der Waals surface area contributed by atoms with Crippen molar-refractivity contribution in [3.63, 3.8) is 0 Å². The Balaban J connectivity index is 0.000000980. The molecule has 0 amide bonds. The molecule has 2 fully saturated rings. The maximum atomic E-state index is 3.78. The van der Waals surface area contributed by atoms with Crippen molar-refractivity contribution < 1.29 is 0 Å². The zero-order valence-corrected chi connectivity index (χ0v) is 10.8. The van der Waals surface area contributed by atoms with Crippen LogP contribution >= 0.6 is 12.4 Å². The van der Waals surface area contributed by atoms with Gasteiger partial charge in [-0.2, -0.15) is 0 Å². The molecule has 2 bridgehead atoms. The number of halogens is 1. The van der Waals surface area contributed by atoms with Gasteiger partial charge in [0.15, 0.2) is 0 Å². The summed E-state index contributed by atoms with van der Waals surface area (Å²) in [4.78, 5) is 0. The van der Waals surface area contributed by atoms with Gasteiger partial charge in [-0.3, -0.25) is 0 Å². The van der Waals surface area contributed by atoms with Crippen LogP contribution in [0.25, 0.3) is 0 Å². The molecule has 1 saturated carbocycles. The quantitative estimate of drug-likeness (QED) is 0.710. The third-order valence-electron chi connectivity index (χ3n) is 5.12. The van der Waals surface area contributed by atoms with Crippen molar-refractivity contribution in [1.82, 2.24) is 5.32 Å². The molecule has 2 unspecified atom stereocenters. The number of hydrogen-bond acceptors (Lipinski definition) is 1. The molecule has 0 aromatic heterocycles. The first-order valence-electron chi connectivity index (χ1n) is 5.68. The minimum atomic E-state index is 0. The van der Waals surface area contributed by atoms with Gasteiger partial charge in [0.1, 0.15) is 0 Å². The number of fused-ring (bicyclic) bond motifs is 2. The van der Waals surface area contributed by atoms with E-state index in [0.717, 1.165) is 0 Å². The second kappa shape index (κ2) is 3.38. The Morgan fingerprint density at radius 1 is 1.14 bits per heavy atom. The van der Waals surface area contributed by atoms with Crippen molar-refractivity contribution >= 4 is 12.4 Å². The smallest absolute Gasteiger partial charge is 0.0185 e. The normalized spacial score (nSPS) is 44.6. The fraction of sp³-hybridized carbons (Fsp3) is 1.00. The summed E-state index contributed by atoms with van der Waals surface area (Å²) in [6.45, 7) is 10.9. The van der Waals surface area contributed by atoms with E-state index >= 15 is 0 Å². The van der Waals surface area contributed by atoms with E-state index in [-0.39, 0.29) is 12.4 Å². The molecule has 2 aliphatic rings. The van der Waals surface area contributed by atoms with Crippen molar-refractivity contribution in [2.45, 2.75) is 58.9 Å². The molecule has 0 radical (unpaired) electrons. The predicted molar refractivity (Wildman–Crippen MR) is 64.0 cm³/mol. The maximum absolute atomic E-state index is 3.78. The molecule has 1 saturated heterocycles. The Kier molecular flexibility index (Phi) is 2.98. The van der Waals surface area contributed by atoms with Gasteiger partial charge in [-0.05, 0) is 36.5 Å². The van der Waals surface area contributed by atoms with Gasteiger partial charge in [0, 0.05) is 12.1 Å². The summed E-state index contributed by atoms with van der Waals surface area (Å²) in [7, 11) is 0. The van der Waals surface area contributed by atoms with Crippen LogP contribution in [0.2, 0.25) is 0 Å². The Hall–Kier alpha value is 0.250. The SMILES string of the molecule is CCC12CCC(C)(C)C(C)(CN1)C2.Cl. The molecule has 0 aromatic carbocycles. The number of rotatable bonds is 1. The van der Waals surface area contributed by atoms with Crippen molar-refractivity contribution in [3.8, 4) is 0 Å². The summed E-state index contributed by atoms with van der Waals surface area (Å²) in [5.41, 5.74) is 1.58. The van der Waals surface area contributed by atoms with Gasteiger partial charge >= 0.3 is 0 Å². The Morgan fingerprint density at radius 2 is 1.79 bits per heavy atom. The Bertz CT molecular complexity index is 226. The lowest BCUT2D eigenvalue weighted by atomic mass is 9.57. The van der Waals surface area contributed by atoms with E-state index in [1.165, 1.54) is 32.2 Å². The molecule has 14 heavy (non-hydrogen) atoms. The van der Waals surface area contributed by atoms with Crippen molar-refractivity contribution in [2.75, 3.05) is 6.54 Å². The van der Waals surface area contributed by atoms with Crippen LogP contribution in [0.15, 0.2) is 0 Å². The van der Waals surface area contributed by atoms with Gasteiger partial charge in [-0.15, -0.1) is 12.4 Å². The zero-order chi connectivity index (χ0) is 9.74. The number of hydrogen-bond donors (Lipinski definition) is 1. The van der Waals surface area contributed by atoms with Crippen LogP contribution in [0.1, 0.15) is 53.4 Å². The topological polar surface area (TPSA) is 12.0 Å². The zero-order valence-electron chi connectivity index (χ0n) is 9.94. The van der Waals surface area contributed by atoms with E-state index in [2.05, 4.69) is 33.0 Å². The van der Waals surface area contributed by atoms with Gasteiger partial charge in [0.2, 0.25) is 0 Å². The molecular formula is C12H24ClN. The van der Waals surface area contributed by atoms with Crippen LogP contribution < -0.4 is 5.32 Å². The highest BCUT2D eigenvalue weighted by molar-refractivity contribution is 5.85. The van der Waals surface area contributed by atoms with E-state index in [1.807, 2.05) is 0 Å². The second-order valence-electron chi connectivity index (χ2n) is 6.11. The summed E-state index contributed by atoms with van der Waals surface area (Å²) in [5.74, 6) is 0. The van der Waals surface area contributed by atoms with Crippen molar-refractivity contribution in [1.29, 1.82) is 0 Å². The van der Waals surface area contributed by atoms with E-state index in [1.54, 1.807) is 0 Å². The lowest BCUT2D eigenvalue weighted by Crippen LogP contribution is -2.44. The van der Waals surface area contributed by atoms with Crippen molar-refractivity contribution in [3.05, 3.63) is 0 Å². The average Bonchev–Trinajstić information content (AvgIpc) is 2.39. The van der Waals surface area contributed by atoms with Crippen molar-refractivity contribution in [2.24, 2.45) is 10.8 Å². The van der Waals surface area contributed by atoms with Crippen LogP contribution in [0.3, 0.4) is 0 Å². The molecule has 1 aliphatic heterocycles. The van der Waals surface area contributed by atoms with Gasteiger partial charge < -0.3 is 5.32 Å². The summed E-state index contributed by atoms with van der Waals surface area (Å²) in [6, 6.07) is 0. The van der Waals surface area contributed by atoms with Crippen LogP contribution in [-0.4, -0.2) is 12.1 Å². The molecule has 0 aromatic rings. The van der Waals surface area contributed by atoms with Gasteiger partial charge in [-0.25, -0.2) is 0 Å². The summed E-state index contributed by atoms with van der Waals surface area (Å²) in [6.07, 6.45) is 5.47. The van der Waals surface area contributed by atoms with E-state index < -0.39 is 0 Å². The predicted octanol–water partition coefficient (Wildman–Crippen LogP) is 3.38. The molecule has 1 nitrogen and oxygen atoms in total. The third-order valence-corrected chi connectivity index (χ3v) is 5.12. The monoisotopic (exact) mass is 217 g/mol. The fourth-order valence-corrected chi connectivity index (χ4v) is 3.19. The summed E-state index contributed by atoms with van der Waals surface area (Å²) < 4.78 is 0. The van der Waals surface area contributed by atoms with Gasteiger partial charge in [0.25, 0.3) is 0 Å². The molecule has 2 atom stereocenters. The molecule has 84 valence electrons. The largest absolute Gasteiger partial charge is 0.311 e. The fourth-order valence-electron chi connectivity index (χ4n) is 3.19. The van der Waals surface area contributed by atoms with Gasteiger partial charge in [0.05, 0.1) is 0 Å². The average molecular weight is 218 g/mol. The first-order valence-corrected chi connectivity index (χ1v) is 5.68. The highest BCUT2D eigenvalue weighted by atomic mass is 35.5. The minimum absolute atomic E-state index is 0. The van der Waals surface area contributed by atoms with E-state index in [4.69, 9.17) is 0 Å². The molecule has 1 heterocycles. The molecule has 0 spiro atoms. The van der Waals surface area contributed by atoms with Crippen LogP contribution in [0.5, 0.6) is 0 Å². The lowest BCUT2D eigenvalue weighted by Gasteiger charge is -2.48. The second-order valence-corrected chi connectivity index (χ2v) is 6.11. The van der Waals surface area contributed by atoms with Crippen LogP contribution in [0.4, 0.5) is 0 Å². The summed E-state index contributed by atoms with van der Waals surface area (Å²) in [5, 5.41) is 3.78. The first kappa shape index (κ1) is 12.3. The third kappa shape index (κ3) is 1.49. The highest BCUT2D eigenvalue weighted by Gasteiger charge is 2.55. The Labute approximate surface area is 94.4 Å². The van der Waals surface area contributed by atoms with Gasteiger partial charge in [-0.1, -0.05) is 27.7 Å². The molecule has 2 heteroatoms. The first-order chi connectivity index (χ1) is 5.93. The molecule has 1 aliphatic carbocycles. The summed E-state index contributed by atoms with van der Waals surface area (Å²) >= 11 is 0. The highest BCUT2D eigenvalue weighted by Crippen LogP contribution is 2.57. The molecule has 1 N–H and O–H groups in total. The molecular weight excluding hydrogens is 194 g/mol. The lowest BCUT2D eigenvalue weighted by molar-refractivity contribution is 0.0468. The number of nitrogens with one attached hydrogen (secondary N) is 1. The standard InChI is InChI=1S/C12H23N.ClH/c1-5-12-7-6-10(2,3)11(4,8-12)9-13-12;/h13H,5-9H2,1-4H3;1H. The van der Waals surface area contributed by atoms with E-state index in [0.29, 0.717) is 16.4 Å². The van der Waals surface area contributed by atoms with Crippen LogP contribution in [-0.2, 0) is 0 Å². The Morgan fingerprint density at radius 3 is 2.36 bits per heavy atom. The minimum Gasteiger partial charge on any atom is -0.311 e. The van der Waals surface area contributed by atoms with Crippen LogP contribution in [0, 0.1) is 10.8 Å². The molecule has 2 rings (SSSR count).